The summed E-state index contributed by atoms with van der Waals surface area (Å²) in [6, 6.07) is 0.0482. The molecule has 0 amide bonds. The number of rotatable bonds is 9. The molecule has 0 aromatic carbocycles. The van der Waals surface area contributed by atoms with Crippen LogP contribution in [0, 0.1) is 23.2 Å². The Morgan fingerprint density at radius 3 is 2.36 bits per heavy atom. The number of piperidine rings is 1. The number of carbonyl (C=O) groups is 2. The van der Waals surface area contributed by atoms with Crippen LogP contribution < -0.4 is 0 Å². The molecule has 1 N–H and O–H groups in total. The molecule has 45 heavy (non-hydrogen) atoms. The van der Waals surface area contributed by atoms with Crippen LogP contribution in [0.3, 0.4) is 0 Å². The first-order valence-corrected chi connectivity index (χ1v) is 17.4. The minimum absolute atomic E-state index is 0.0471. The summed E-state index contributed by atoms with van der Waals surface area (Å²) < 4.78 is 25.0. The number of hydrogen-bond donors (Lipinski definition) is 1. The third kappa shape index (κ3) is 10.2. The first kappa shape index (κ1) is 38.3. The van der Waals surface area contributed by atoms with Gasteiger partial charge in [-0.2, -0.15) is 0 Å². The van der Waals surface area contributed by atoms with Crippen LogP contribution in [0.4, 0.5) is 0 Å². The van der Waals surface area contributed by atoms with Crippen LogP contribution in [0.2, 0.25) is 0 Å². The monoisotopic (exact) mass is 639 g/mol. The fourth-order valence-corrected chi connectivity index (χ4v) is 7.89. The summed E-state index contributed by atoms with van der Waals surface area (Å²) >= 11 is 0. The maximum absolute atomic E-state index is 14.2. The molecule has 0 aliphatic carbocycles. The molecule has 3 rings (SSSR count). The van der Waals surface area contributed by atoms with Gasteiger partial charge in [-0.1, -0.05) is 20.3 Å². The number of ketones is 1. The molecular weight excluding hydrogens is 574 g/mol. The number of ether oxygens (including phenoxy) is 4. The van der Waals surface area contributed by atoms with Gasteiger partial charge in [-0.15, -0.1) is 0 Å². The number of carbonyl (C=O) groups excluding carboxylic acids is 2. The van der Waals surface area contributed by atoms with Crippen LogP contribution in [-0.2, 0) is 28.5 Å². The molecule has 3 fully saturated rings. The van der Waals surface area contributed by atoms with Gasteiger partial charge in [0.2, 0.25) is 0 Å². The number of likely N-dealkylation sites (tertiary alicyclic amines) is 1. The molecule has 10 nitrogen and oxygen atoms in total. The fourth-order valence-electron chi connectivity index (χ4n) is 7.89. The lowest BCUT2D eigenvalue weighted by Gasteiger charge is -2.46. The van der Waals surface area contributed by atoms with Crippen molar-refractivity contribution < 1.29 is 33.6 Å². The summed E-state index contributed by atoms with van der Waals surface area (Å²) in [4.78, 5) is 34.7. The minimum atomic E-state index is -1.39. The van der Waals surface area contributed by atoms with Crippen molar-refractivity contribution >= 4 is 11.8 Å². The Balaban J connectivity index is 1.88. The average molecular weight is 640 g/mol. The average Bonchev–Trinajstić information content (AvgIpc) is 2.98. The number of aliphatic hydroxyl groups is 1. The number of hydrogen-bond acceptors (Lipinski definition) is 10. The first-order valence-electron chi connectivity index (χ1n) is 17.4. The topological polar surface area (TPSA) is 101 Å². The number of esters is 1. The van der Waals surface area contributed by atoms with Gasteiger partial charge >= 0.3 is 5.97 Å². The van der Waals surface area contributed by atoms with Crippen molar-refractivity contribution in [3.8, 4) is 0 Å². The molecule has 0 aromatic heterocycles. The van der Waals surface area contributed by atoms with Crippen molar-refractivity contribution in [2.75, 3.05) is 67.6 Å². The summed E-state index contributed by atoms with van der Waals surface area (Å²) in [6.07, 6.45) is 4.42. The fraction of sp³-hybridized carbons (Fsp3) is 0.943. The Morgan fingerprint density at radius 1 is 1.07 bits per heavy atom. The van der Waals surface area contributed by atoms with Crippen molar-refractivity contribution in [2.45, 2.75) is 123 Å². The van der Waals surface area contributed by atoms with Gasteiger partial charge in [0.1, 0.15) is 18.1 Å². The van der Waals surface area contributed by atoms with E-state index < -0.39 is 41.4 Å². The van der Waals surface area contributed by atoms with E-state index in [2.05, 4.69) is 28.7 Å². The van der Waals surface area contributed by atoms with E-state index in [9.17, 15) is 14.7 Å². The maximum atomic E-state index is 14.2. The van der Waals surface area contributed by atoms with Crippen molar-refractivity contribution in [1.29, 1.82) is 0 Å². The molecule has 9 atom stereocenters. The van der Waals surface area contributed by atoms with E-state index in [1.165, 1.54) is 19.3 Å². The summed E-state index contributed by atoms with van der Waals surface area (Å²) in [5.74, 6) is -1.39. The smallest absolute Gasteiger partial charge is 0.319 e. The Kier molecular flexibility index (Phi) is 14.3. The van der Waals surface area contributed by atoms with E-state index in [1.807, 2.05) is 27.9 Å². The normalized spacial score (nSPS) is 38.3. The highest BCUT2D eigenvalue weighted by atomic mass is 16.7. The maximum Gasteiger partial charge on any atom is 0.319 e. The third-order valence-corrected chi connectivity index (χ3v) is 10.5. The Morgan fingerprint density at radius 2 is 1.73 bits per heavy atom. The highest BCUT2D eigenvalue weighted by Crippen LogP contribution is 2.38. The third-order valence-electron chi connectivity index (χ3n) is 10.5. The highest BCUT2D eigenvalue weighted by Gasteiger charge is 2.51. The molecule has 0 unspecified atom stereocenters. The van der Waals surface area contributed by atoms with Gasteiger partial charge in [-0.3, -0.25) is 14.5 Å². The second kappa shape index (κ2) is 16.8. The van der Waals surface area contributed by atoms with Gasteiger partial charge in [0.15, 0.2) is 12.1 Å². The van der Waals surface area contributed by atoms with Crippen molar-refractivity contribution in [1.82, 2.24) is 14.7 Å². The van der Waals surface area contributed by atoms with E-state index in [-0.39, 0.29) is 36.4 Å². The molecule has 0 radical (unpaired) electrons. The van der Waals surface area contributed by atoms with E-state index in [0.29, 0.717) is 19.4 Å². The minimum Gasteiger partial charge on any atom is -0.463 e. The van der Waals surface area contributed by atoms with Crippen LogP contribution in [0.1, 0.15) is 86.5 Å². The predicted molar refractivity (Wildman–Crippen MR) is 176 cm³/mol. The van der Waals surface area contributed by atoms with Crippen LogP contribution in [0.5, 0.6) is 0 Å². The van der Waals surface area contributed by atoms with Crippen LogP contribution >= 0.6 is 0 Å². The van der Waals surface area contributed by atoms with Gasteiger partial charge in [0.05, 0.1) is 17.8 Å². The first-order chi connectivity index (χ1) is 21.1. The van der Waals surface area contributed by atoms with Crippen LogP contribution in [0.15, 0.2) is 0 Å². The Bertz CT molecular complexity index is 940. The van der Waals surface area contributed by atoms with Crippen molar-refractivity contribution in [3.05, 3.63) is 0 Å². The van der Waals surface area contributed by atoms with Gasteiger partial charge in [0.25, 0.3) is 0 Å². The Hall–Kier alpha value is -1.14. The number of likely N-dealkylation sites (N-methyl/N-ethyl adjacent to an activating group) is 1. The van der Waals surface area contributed by atoms with E-state index in [4.69, 9.17) is 18.9 Å². The van der Waals surface area contributed by atoms with Gasteiger partial charge in [-0.25, -0.2) is 0 Å². The molecule has 3 heterocycles. The molecule has 3 saturated heterocycles. The van der Waals surface area contributed by atoms with Crippen molar-refractivity contribution in [2.24, 2.45) is 23.2 Å². The molecule has 0 aromatic rings. The second-order valence-electron chi connectivity index (χ2n) is 15.5. The lowest BCUT2D eigenvalue weighted by molar-refractivity contribution is -0.297. The van der Waals surface area contributed by atoms with Crippen LogP contribution in [-0.4, -0.2) is 135 Å². The molecule has 262 valence electrons. The van der Waals surface area contributed by atoms with E-state index >= 15 is 0 Å². The summed E-state index contributed by atoms with van der Waals surface area (Å²) in [5.41, 5.74) is -2.28. The molecule has 3 aliphatic rings. The van der Waals surface area contributed by atoms with Crippen molar-refractivity contribution in [3.63, 3.8) is 0 Å². The van der Waals surface area contributed by atoms with E-state index in [0.717, 1.165) is 39.0 Å². The molecule has 10 heteroatoms. The second-order valence-corrected chi connectivity index (χ2v) is 15.5. The van der Waals surface area contributed by atoms with Gasteiger partial charge in [0, 0.05) is 38.1 Å². The van der Waals surface area contributed by atoms with Gasteiger partial charge in [-0.05, 0) is 113 Å². The standard InChI is InChI=1S/C35H65N3O7/c1-24-20-35(6,42-10)31(45-32-29(39)27(22-36(7)8)19-25(2)44-32)26(3)30(40)34(4,5)33(41)43-23-28(37(9)21-24)15-14-18-38-16-12-11-13-17-38/h24-29,31-32,39H,11-23H2,1-10H3/t24-,25-,26+,27-,28-,29-,31-,32+,35-/m1/s1. The largest absolute Gasteiger partial charge is 0.463 e. The lowest BCUT2D eigenvalue weighted by atomic mass is 9.74. The zero-order valence-electron chi connectivity index (χ0n) is 30.0. The number of nitrogens with zero attached hydrogens (tertiary/aromatic N) is 3. The molecular formula is C35H65N3O7. The molecule has 3 aliphatic heterocycles. The molecule has 0 spiro atoms. The SMILES string of the molecule is CO[C@]1(C)C[C@@H](C)CN(C)[C@H](CCCN2CCCCC2)COC(=O)C(C)(C)C(=O)[C@H](C)[C@H]1O[C@@H]1O[C@H](C)C[C@H](CN(C)C)[C@H]1O. The number of aliphatic hydroxyl groups excluding tert-OH is 1. The quantitative estimate of drug-likeness (QED) is 0.296. The Labute approximate surface area is 273 Å². The van der Waals surface area contributed by atoms with Gasteiger partial charge < -0.3 is 33.9 Å². The summed E-state index contributed by atoms with van der Waals surface area (Å²) in [7, 11) is 7.73. The lowest BCUT2D eigenvalue weighted by Crippen LogP contribution is -2.57. The number of cyclic esters (lactones) is 1. The summed E-state index contributed by atoms with van der Waals surface area (Å²) in [6.45, 7) is 16.4. The number of Topliss-reactive ketones (excluding diaryl/α,β-unsaturated/α-hetero) is 1. The molecule has 0 bridgehead atoms. The highest BCUT2D eigenvalue weighted by molar-refractivity contribution is 6.04. The number of methoxy groups -OCH3 is 1. The predicted octanol–water partition coefficient (Wildman–Crippen LogP) is 3.83. The molecule has 0 saturated carbocycles. The van der Waals surface area contributed by atoms with E-state index in [1.54, 1.807) is 27.9 Å². The van der Waals surface area contributed by atoms with Crippen LogP contribution in [0.25, 0.3) is 0 Å². The zero-order valence-corrected chi connectivity index (χ0v) is 30.0. The summed E-state index contributed by atoms with van der Waals surface area (Å²) in [5, 5.41) is 11.4. The zero-order chi connectivity index (χ0) is 33.5.